The van der Waals surface area contributed by atoms with Crippen molar-refractivity contribution in [2.24, 2.45) is 5.73 Å². The van der Waals surface area contributed by atoms with Gasteiger partial charge in [-0.2, -0.15) is 0 Å². The van der Waals surface area contributed by atoms with Crippen molar-refractivity contribution in [1.82, 2.24) is 5.32 Å². The van der Waals surface area contributed by atoms with Crippen molar-refractivity contribution in [3.63, 3.8) is 0 Å². The number of nitrogens with two attached hydrogens (primary N) is 1. The fraction of sp³-hybridized carbons (Fsp3) is 0.278. The Labute approximate surface area is 162 Å². The Kier molecular flexibility index (Phi) is 5.36. The van der Waals surface area contributed by atoms with Gasteiger partial charge in [-0.3, -0.25) is 10.1 Å². The Morgan fingerprint density at radius 2 is 2.08 bits per heavy atom. The molecule has 1 heterocycles. The molecule has 1 amide bonds. The van der Waals surface area contributed by atoms with Gasteiger partial charge in [0.1, 0.15) is 11.5 Å². The molecule has 1 aliphatic rings. The number of benzene rings is 2. The van der Waals surface area contributed by atoms with Gasteiger partial charge in [0.2, 0.25) is 5.91 Å². The maximum Gasteiger partial charge on any atom is 0.234 e. The summed E-state index contributed by atoms with van der Waals surface area (Å²) in [6.07, 6.45) is 1.11. The Balaban J connectivity index is 1.95. The van der Waals surface area contributed by atoms with E-state index in [9.17, 15) is 9.90 Å². The molecule has 5 nitrogen and oxygen atoms in total. The SMILES string of the molecule is COc1c(Br)cc(CC2NC(C(N)=O)Cc3cc(O)[c]cc32)cc1Br. The lowest BCUT2D eigenvalue weighted by atomic mass is 9.87. The molecule has 0 bridgehead atoms. The number of phenolic OH excluding ortho intramolecular Hbond substituents is 1. The van der Waals surface area contributed by atoms with Crippen LogP contribution in [-0.2, 0) is 17.6 Å². The van der Waals surface area contributed by atoms with E-state index in [0.29, 0.717) is 12.8 Å². The lowest BCUT2D eigenvalue weighted by Gasteiger charge is -2.32. The van der Waals surface area contributed by atoms with E-state index in [4.69, 9.17) is 10.5 Å². The second-order valence-corrected chi connectivity index (χ2v) is 7.68. The molecule has 4 N–H and O–H groups in total. The van der Waals surface area contributed by atoms with Crippen molar-refractivity contribution in [1.29, 1.82) is 0 Å². The van der Waals surface area contributed by atoms with E-state index in [1.165, 1.54) is 0 Å². The molecule has 0 aromatic heterocycles. The van der Waals surface area contributed by atoms with Crippen LogP contribution in [0.1, 0.15) is 22.7 Å². The highest BCUT2D eigenvalue weighted by molar-refractivity contribution is 9.11. The van der Waals surface area contributed by atoms with Gasteiger partial charge < -0.3 is 15.6 Å². The third kappa shape index (κ3) is 3.83. The minimum Gasteiger partial charge on any atom is -0.507 e. The third-order valence-corrected chi connectivity index (χ3v) is 5.48. The number of carbonyl (C=O) groups excluding carboxylic acids is 1. The number of rotatable bonds is 4. The Bertz CT molecular complexity index is 803. The van der Waals surface area contributed by atoms with Crippen LogP contribution in [0.3, 0.4) is 0 Å². The fourth-order valence-electron chi connectivity index (χ4n) is 3.16. The van der Waals surface area contributed by atoms with E-state index in [1.54, 1.807) is 19.2 Å². The fourth-order valence-corrected chi connectivity index (χ4v) is 4.76. The zero-order valence-corrected chi connectivity index (χ0v) is 16.6. The van der Waals surface area contributed by atoms with Gasteiger partial charge in [0.05, 0.1) is 22.1 Å². The topological polar surface area (TPSA) is 84.6 Å². The first-order valence-electron chi connectivity index (χ1n) is 7.69. The molecule has 1 aliphatic heterocycles. The lowest BCUT2D eigenvalue weighted by molar-refractivity contribution is -0.120. The number of methoxy groups -OCH3 is 1. The van der Waals surface area contributed by atoms with Crippen LogP contribution in [0.5, 0.6) is 11.5 Å². The highest BCUT2D eigenvalue weighted by atomic mass is 79.9. The summed E-state index contributed by atoms with van der Waals surface area (Å²) in [7, 11) is 1.61. The first-order valence-corrected chi connectivity index (χ1v) is 9.28. The number of halogens is 2. The number of hydrogen-bond donors (Lipinski definition) is 3. The number of ether oxygens (including phenoxy) is 1. The molecule has 2 atom stereocenters. The van der Waals surface area contributed by atoms with Crippen LogP contribution >= 0.6 is 31.9 Å². The summed E-state index contributed by atoms with van der Waals surface area (Å²) < 4.78 is 7.03. The number of phenols is 1. The van der Waals surface area contributed by atoms with Gasteiger partial charge in [0.15, 0.2) is 0 Å². The summed E-state index contributed by atoms with van der Waals surface area (Å²) in [5, 5.41) is 13.0. The number of aromatic hydroxyl groups is 1. The van der Waals surface area contributed by atoms with Crippen molar-refractivity contribution in [3.8, 4) is 11.5 Å². The molecule has 1 radical (unpaired) electrons. The van der Waals surface area contributed by atoms with Crippen molar-refractivity contribution in [3.05, 3.63) is 56.0 Å². The van der Waals surface area contributed by atoms with Crippen LogP contribution in [0.25, 0.3) is 0 Å². The van der Waals surface area contributed by atoms with Crippen LogP contribution in [-0.4, -0.2) is 24.2 Å². The molecule has 2 aromatic carbocycles. The first kappa shape index (κ1) is 18.2. The maximum absolute atomic E-state index is 11.7. The highest BCUT2D eigenvalue weighted by Crippen LogP contribution is 2.37. The first-order chi connectivity index (χ1) is 11.9. The van der Waals surface area contributed by atoms with E-state index < -0.39 is 11.9 Å². The molecule has 0 saturated heterocycles. The van der Waals surface area contributed by atoms with Crippen LogP contribution in [0.4, 0.5) is 0 Å². The smallest absolute Gasteiger partial charge is 0.234 e. The van der Waals surface area contributed by atoms with Crippen LogP contribution in [0.2, 0.25) is 0 Å². The summed E-state index contributed by atoms with van der Waals surface area (Å²) in [5.74, 6) is 0.395. The Morgan fingerprint density at radius 1 is 1.40 bits per heavy atom. The number of fused-ring (bicyclic) bond motifs is 1. The zero-order chi connectivity index (χ0) is 18.1. The largest absolute Gasteiger partial charge is 0.507 e. The van der Waals surface area contributed by atoms with Gasteiger partial charge in [-0.1, -0.05) is 0 Å². The highest BCUT2D eigenvalue weighted by Gasteiger charge is 2.29. The molecule has 2 unspecified atom stereocenters. The summed E-state index contributed by atoms with van der Waals surface area (Å²) >= 11 is 7.02. The predicted molar refractivity (Wildman–Crippen MR) is 102 cm³/mol. The van der Waals surface area contributed by atoms with E-state index in [1.807, 2.05) is 12.1 Å². The Morgan fingerprint density at radius 3 is 2.68 bits per heavy atom. The summed E-state index contributed by atoms with van der Waals surface area (Å²) in [4.78, 5) is 11.7. The molecule has 3 rings (SSSR count). The second-order valence-electron chi connectivity index (χ2n) is 5.97. The predicted octanol–water partition coefficient (Wildman–Crippen LogP) is 3.01. The summed E-state index contributed by atoms with van der Waals surface area (Å²) in [6.45, 7) is 0. The molecular formula is C18H17Br2N2O3. The van der Waals surface area contributed by atoms with E-state index in [0.717, 1.165) is 31.4 Å². The molecule has 25 heavy (non-hydrogen) atoms. The van der Waals surface area contributed by atoms with E-state index in [-0.39, 0.29) is 11.8 Å². The molecular weight excluding hydrogens is 452 g/mol. The van der Waals surface area contributed by atoms with E-state index in [2.05, 4.69) is 43.2 Å². The summed E-state index contributed by atoms with van der Waals surface area (Å²) in [6, 6.07) is 9.65. The number of nitrogens with one attached hydrogen (secondary N) is 1. The maximum atomic E-state index is 11.7. The molecule has 7 heteroatoms. The van der Waals surface area contributed by atoms with Gasteiger partial charge in [-0.15, -0.1) is 0 Å². The van der Waals surface area contributed by atoms with Crippen LogP contribution in [0, 0.1) is 6.07 Å². The average Bonchev–Trinajstić information content (AvgIpc) is 2.53. The summed E-state index contributed by atoms with van der Waals surface area (Å²) in [5.41, 5.74) is 8.48. The van der Waals surface area contributed by atoms with Gasteiger partial charge >= 0.3 is 0 Å². The van der Waals surface area contributed by atoms with Crippen molar-refractivity contribution >= 4 is 37.8 Å². The molecule has 2 aromatic rings. The van der Waals surface area contributed by atoms with Crippen molar-refractivity contribution < 1.29 is 14.6 Å². The minimum absolute atomic E-state index is 0.0672. The van der Waals surface area contributed by atoms with Crippen LogP contribution in [0.15, 0.2) is 33.2 Å². The third-order valence-electron chi connectivity index (χ3n) is 4.30. The van der Waals surface area contributed by atoms with Crippen molar-refractivity contribution in [2.75, 3.05) is 7.11 Å². The molecule has 131 valence electrons. The normalized spacial score (nSPS) is 19.3. The second kappa shape index (κ2) is 7.35. The monoisotopic (exact) mass is 467 g/mol. The number of carbonyl (C=O) groups is 1. The van der Waals surface area contributed by atoms with Gasteiger partial charge in [-0.25, -0.2) is 0 Å². The lowest BCUT2D eigenvalue weighted by Crippen LogP contribution is -2.48. The quantitative estimate of drug-likeness (QED) is 0.643. The van der Waals surface area contributed by atoms with Gasteiger partial charge in [0.25, 0.3) is 0 Å². The van der Waals surface area contributed by atoms with E-state index >= 15 is 0 Å². The number of amides is 1. The number of primary amides is 1. The number of hydrogen-bond acceptors (Lipinski definition) is 4. The van der Waals surface area contributed by atoms with Crippen LogP contribution < -0.4 is 15.8 Å². The van der Waals surface area contributed by atoms with Gasteiger partial charge in [-0.05, 0) is 85.7 Å². The molecule has 0 spiro atoms. The van der Waals surface area contributed by atoms with Crippen molar-refractivity contribution in [2.45, 2.75) is 24.9 Å². The minimum atomic E-state index is -0.468. The van der Waals surface area contributed by atoms with Gasteiger partial charge in [0, 0.05) is 12.1 Å². The Hall–Kier alpha value is -1.57. The molecule has 0 fully saturated rings. The molecule has 0 aliphatic carbocycles. The standard InChI is InChI=1S/C18H17Br2N2O3/c1-25-17-13(19)4-9(5-14(17)20)6-15-12-3-2-11(23)7-10(12)8-16(22-15)18(21)24/h3-5,7,15-16,22-23H,6,8H2,1H3,(H2,21,24). The average molecular weight is 469 g/mol. The molecule has 0 saturated carbocycles. The zero-order valence-electron chi connectivity index (χ0n) is 13.5.